The summed E-state index contributed by atoms with van der Waals surface area (Å²) in [6.07, 6.45) is 16.6. The summed E-state index contributed by atoms with van der Waals surface area (Å²) in [5.74, 6) is 1.38. The molecule has 1 saturated heterocycles. The molecular weight excluding hydrogens is 560 g/mol. The summed E-state index contributed by atoms with van der Waals surface area (Å²) in [6.45, 7) is 0.848. The first-order valence-electron chi connectivity index (χ1n) is 18.1. The summed E-state index contributed by atoms with van der Waals surface area (Å²) in [7, 11) is 0. The molecule has 8 heteroatoms. The van der Waals surface area contributed by atoms with Gasteiger partial charge in [0.05, 0.1) is 40.7 Å². The van der Waals surface area contributed by atoms with Crippen molar-refractivity contribution in [3.8, 4) is 0 Å². The smallest absolute Gasteiger partial charge is 0.312 e. The zero-order valence-corrected chi connectivity index (χ0v) is 26.4. The molecule has 0 aromatic carbocycles. The van der Waals surface area contributed by atoms with Crippen molar-refractivity contribution in [1.29, 1.82) is 0 Å². The van der Waals surface area contributed by atoms with Crippen LogP contribution in [0.25, 0.3) is 0 Å². The van der Waals surface area contributed by atoms with Crippen LogP contribution in [0.3, 0.4) is 0 Å². The molecule has 4 unspecified atom stereocenters. The molecule has 11 fully saturated rings. The average Bonchev–Trinajstić information content (AvgIpc) is 2.93. The van der Waals surface area contributed by atoms with Crippen LogP contribution < -0.4 is 0 Å². The summed E-state index contributed by atoms with van der Waals surface area (Å²) >= 11 is 0. The number of hydrogen-bond acceptors (Lipinski definition) is 8. The summed E-state index contributed by atoms with van der Waals surface area (Å²) in [4.78, 5) is 27.9. The first-order chi connectivity index (χ1) is 21.0. The van der Waals surface area contributed by atoms with Gasteiger partial charge in [0.2, 0.25) is 0 Å². The quantitative estimate of drug-likeness (QED) is 0.401. The van der Waals surface area contributed by atoms with Crippen molar-refractivity contribution in [2.75, 3.05) is 26.4 Å². The van der Waals surface area contributed by atoms with Gasteiger partial charge in [-0.05, 0) is 126 Å². The highest BCUT2D eigenvalue weighted by molar-refractivity contribution is 5.78. The third kappa shape index (κ3) is 4.42. The maximum Gasteiger partial charge on any atom is 0.312 e. The van der Waals surface area contributed by atoms with Crippen molar-refractivity contribution >= 4 is 11.9 Å². The Kier molecular flexibility index (Phi) is 6.36. The predicted octanol–water partition coefficient (Wildman–Crippen LogP) is 5.07. The van der Waals surface area contributed by atoms with Gasteiger partial charge in [-0.25, -0.2) is 0 Å². The molecule has 0 radical (unpaired) electrons. The largest absolute Gasteiger partial charge is 0.464 e. The van der Waals surface area contributed by atoms with E-state index in [1.165, 1.54) is 12.8 Å². The van der Waals surface area contributed by atoms with E-state index in [1.807, 2.05) is 0 Å². The third-order valence-electron chi connectivity index (χ3n) is 14.5. The molecule has 1 spiro atoms. The number of aliphatic hydroxyl groups is 2. The molecule has 11 rings (SSSR count). The highest BCUT2D eigenvalue weighted by Crippen LogP contribution is 2.63. The van der Waals surface area contributed by atoms with Crippen molar-refractivity contribution in [3.63, 3.8) is 0 Å². The van der Waals surface area contributed by atoms with Gasteiger partial charge in [-0.2, -0.15) is 0 Å². The van der Waals surface area contributed by atoms with Crippen LogP contribution in [0.5, 0.6) is 0 Å². The Morgan fingerprint density at radius 3 is 1.36 bits per heavy atom. The van der Waals surface area contributed by atoms with Gasteiger partial charge in [0.15, 0.2) is 5.79 Å². The van der Waals surface area contributed by atoms with E-state index in [2.05, 4.69) is 0 Å². The number of hydrogen-bond donors (Lipinski definition) is 2. The molecule has 1 aliphatic heterocycles. The number of esters is 2. The highest BCUT2D eigenvalue weighted by Gasteiger charge is 2.63. The van der Waals surface area contributed by atoms with Gasteiger partial charge >= 0.3 is 11.9 Å². The molecule has 8 nitrogen and oxygen atoms in total. The molecule has 10 bridgehead atoms. The van der Waals surface area contributed by atoms with Crippen molar-refractivity contribution in [1.82, 2.24) is 0 Å². The number of carbonyl (C=O) groups is 2. The summed E-state index contributed by atoms with van der Waals surface area (Å²) < 4.78 is 26.1. The van der Waals surface area contributed by atoms with E-state index in [1.54, 1.807) is 0 Å². The second-order valence-electron chi connectivity index (χ2n) is 18.1. The average molecular weight is 613 g/mol. The van der Waals surface area contributed by atoms with Gasteiger partial charge in [-0.15, -0.1) is 0 Å². The molecule has 0 aromatic heterocycles. The first kappa shape index (κ1) is 29.0. The Labute approximate surface area is 261 Å². The van der Waals surface area contributed by atoms with E-state index in [9.17, 15) is 19.8 Å². The standard InChI is InChI=1S/C36H52O8/c37-29(32-9-23-7-24(10-32)14-34(39,13-23)17-32)41-19-31(21-43-36(44-22-31)27-3-1-4-28(36)6-2-5-27)20-42-30(38)33-11-25-8-26(12-33)16-35(40,15-25)18-33/h23-28,39-40H,1-22H2. The van der Waals surface area contributed by atoms with Crippen LogP contribution >= 0.6 is 0 Å². The Bertz CT molecular complexity index is 1080. The fourth-order valence-corrected chi connectivity index (χ4v) is 13.6. The summed E-state index contributed by atoms with van der Waals surface area (Å²) in [6, 6.07) is 0. The predicted molar refractivity (Wildman–Crippen MR) is 158 cm³/mol. The van der Waals surface area contributed by atoms with Crippen molar-refractivity contribution in [2.24, 2.45) is 51.8 Å². The highest BCUT2D eigenvalue weighted by atomic mass is 16.7. The van der Waals surface area contributed by atoms with Crippen LogP contribution in [0.2, 0.25) is 0 Å². The molecule has 10 saturated carbocycles. The van der Waals surface area contributed by atoms with Gasteiger partial charge < -0.3 is 29.2 Å². The van der Waals surface area contributed by atoms with Crippen LogP contribution in [-0.4, -0.2) is 65.6 Å². The van der Waals surface area contributed by atoms with E-state index in [0.29, 0.717) is 61.6 Å². The Balaban J connectivity index is 0.936. The summed E-state index contributed by atoms with van der Waals surface area (Å²) in [5.41, 5.74) is -3.46. The fraction of sp³-hybridized carbons (Fsp3) is 0.944. The van der Waals surface area contributed by atoms with Crippen LogP contribution in [0.1, 0.15) is 116 Å². The van der Waals surface area contributed by atoms with E-state index in [4.69, 9.17) is 18.9 Å². The van der Waals surface area contributed by atoms with Crippen LogP contribution in [0, 0.1) is 51.8 Å². The normalized spacial score (nSPS) is 54.9. The Morgan fingerprint density at radius 2 is 1.00 bits per heavy atom. The second kappa shape index (κ2) is 9.67. The first-order valence-corrected chi connectivity index (χ1v) is 18.1. The van der Waals surface area contributed by atoms with E-state index >= 15 is 0 Å². The lowest BCUT2D eigenvalue weighted by molar-refractivity contribution is -0.371. The molecule has 2 N–H and O–H groups in total. The lowest BCUT2D eigenvalue weighted by Crippen LogP contribution is -2.63. The zero-order valence-electron chi connectivity index (χ0n) is 26.4. The summed E-state index contributed by atoms with van der Waals surface area (Å²) in [5, 5.41) is 22.5. The topological polar surface area (TPSA) is 112 Å². The number of rotatable bonds is 6. The number of carbonyl (C=O) groups excluding carboxylic acids is 2. The van der Waals surface area contributed by atoms with Gasteiger partial charge in [0, 0.05) is 11.8 Å². The molecule has 0 amide bonds. The van der Waals surface area contributed by atoms with E-state index < -0.39 is 33.2 Å². The molecule has 244 valence electrons. The van der Waals surface area contributed by atoms with Gasteiger partial charge in [0.25, 0.3) is 0 Å². The molecule has 0 aromatic rings. The Hall–Kier alpha value is -1.22. The van der Waals surface area contributed by atoms with Crippen molar-refractivity contribution in [3.05, 3.63) is 0 Å². The fourth-order valence-electron chi connectivity index (χ4n) is 13.6. The van der Waals surface area contributed by atoms with Crippen molar-refractivity contribution in [2.45, 2.75) is 133 Å². The second-order valence-corrected chi connectivity index (χ2v) is 18.1. The molecule has 10 aliphatic carbocycles. The minimum Gasteiger partial charge on any atom is -0.464 e. The van der Waals surface area contributed by atoms with Crippen LogP contribution in [-0.2, 0) is 28.5 Å². The van der Waals surface area contributed by atoms with Gasteiger partial charge in [-0.1, -0.05) is 12.8 Å². The molecule has 11 aliphatic rings. The van der Waals surface area contributed by atoms with Crippen LogP contribution in [0.4, 0.5) is 0 Å². The lowest BCUT2D eigenvalue weighted by atomic mass is 9.48. The van der Waals surface area contributed by atoms with Crippen molar-refractivity contribution < 1.29 is 38.7 Å². The molecular formula is C36H52O8. The molecule has 44 heavy (non-hydrogen) atoms. The maximum absolute atomic E-state index is 13.9. The monoisotopic (exact) mass is 612 g/mol. The van der Waals surface area contributed by atoms with E-state index in [0.717, 1.165) is 89.9 Å². The van der Waals surface area contributed by atoms with Gasteiger partial charge in [-0.3, -0.25) is 9.59 Å². The van der Waals surface area contributed by atoms with E-state index in [-0.39, 0.29) is 25.2 Å². The lowest BCUT2D eigenvalue weighted by Gasteiger charge is -2.59. The molecule has 4 atom stereocenters. The SMILES string of the molecule is O=C(OCC1(COC(=O)C23CC4CC(CC(O)(C4)C2)C3)COC2(OC1)C1CCCC2CCC1)C12CC3CC(CC(O)(C3)C1)C2. The minimum atomic E-state index is -0.777. The Morgan fingerprint density at radius 1 is 0.614 bits per heavy atom. The van der Waals surface area contributed by atoms with Gasteiger partial charge in [0.1, 0.15) is 13.2 Å². The minimum absolute atomic E-state index is 0.0855. The number of ether oxygens (including phenoxy) is 4. The molecule has 1 heterocycles. The van der Waals surface area contributed by atoms with Crippen LogP contribution in [0.15, 0.2) is 0 Å². The third-order valence-corrected chi connectivity index (χ3v) is 14.5. The maximum atomic E-state index is 13.9. The zero-order chi connectivity index (χ0) is 30.0.